The van der Waals surface area contributed by atoms with Gasteiger partial charge in [-0.2, -0.15) is 0 Å². The topological polar surface area (TPSA) is 84.9 Å². The fourth-order valence-electron chi connectivity index (χ4n) is 3.97. The van der Waals surface area contributed by atoms with Crippen LogP contribution in [-0.4, -0.2) is 42.4 Å². The number of rotatable bonds is 3. The fraction of sp³-hybridized carbons (Fsp3) is 0.526. The molecule has 1 saturated carbocycles. The summed E-state index contributed by atoms with van der Waals surface area (Å²) < 4.78 is 11.2. The van der Waals surface area contributed by atoms with Crippen molar-refractivity contribution in [1.29, 1.82) is 0 Å². The number of nitrogens with one attached hydrogen (secondary N) is 1. The number of nitrogens with zero attached hydrogens (tertiary/aromatic N) is 1. The molecular formula is C19H22N2O5. The van der Waals surface area contributed by atoms with Crippen LogP contribution in [0.4, 0.5) is 5.69 Å². The molecule has 1 N–H and O–H groups in total. The van der Waals surface area contributed by atoms with Crippen LogP contribution < -0.4 is 14.8 Å². The van der Waals surface area contributed by atoms with E-state index >= 15 is 0 Å². The summed E-state index contributed by atoms with van der Waals surface area (Å²) in [7, 11) is 0. The van der Waals surface area contributed by atoms with E-state index < -0.39 is 0 Å². The second-order valence-corrected chi connectivity index (χ2v) is 7.02. The molecule has 0 aromatic heterocycles. The smallest absolute Gasteiger partial charge is 0.244 e. The second kappa shape index (κ2) is 6.97. The maximum atomic E-state index is 12.5. The van der Waals surface area contributed by atoms with Gasteiger partial charge in [0, 0.05) is 18.2 Å². The van der Waals surface area contributed by atoms with Crippen LogP contribution in [0.3, 0.4) is 0 Å². The molecule has 1 saturated heterocycles. The first-order valence-electron chi connectivity index (χ1n) is 9.18. The summed E-state index contributed by atoms with van der Waals surface area (Å²) >= 11 is 0. The van der Waals surface area contributed by atoms with Crippen LogP contribution in [0.1, 0.15) is 32.1 Å². The number of carbonyl (C=O) groups excluding carboxylic acids is 3. The molecule has 1 aromatic carbocycles. The van der Waals surface area contributed by atoms with Crippen molar-refractivity contribution in [1.82, 2.24) is 4.90 Å². The Kier molecular flexibility index (Phi) is 4.53. The Morgan fingerprint density at radius 3 is 2.35 bits per heavy atom. The average molecular weight is 358 g/mol. The lowest BCUT2D eigenvalue weighted by Gasteiger charge is -2.19. The highest BCUT2D eigenvalue weighted by atomic mass is 16.5. The number of anilines is 1. The Morgan fingerprint density at radius 2 is 1.65 bits per heavy atom. The summed E-state index contributed by atoms with van der Waals surface area (Å²) in [4.78, 5) is 38.4. The van der Waals surface area contributed by atoms with Gasteiger partial charge in [-0.3, -0.25) is 19.3 Å². The Hall–Kier alpha value is -2.57. The van der Waals surface area contributed by atoms with Crippen LogP contribution >= 0.6 is 0 Å². The van der Waals surface area contributed by atoms with Crippen molar-refractivity contribution in [3.05, 3.63) is 18.2 Å². The Bertz CT molecular complexity index is 723. The van der Waals surface area contributed by atoms with E-state index in [0.717, 1.165) is 37.0 Å². The summed E-state index contributed by atoms with van der Waals surface area (Å²) in [5, 5.41) is 2.74. The summed E-state index contributed by atoms with van der Waals surface area (Å²) in [5.41, 5.74) is 0.552. The maximum absolute atomic E-state index is 12.5. The van der Waals surface area contributed by atoms with Gasteiger partial charge in [0.05, 0.1) is 25.0 Å². The summed E-state index contributed by atoms with van der Waals surface area (Å²) in [6.45, 7) is 0.920. The molecule has 3 amide bonds. The van der Waals surface area contributed by atoms with Gasteiger partial charge in [-0.05, 0) is 25.0 Å². The van der Waals surface area contributed by atoms with Gasteiger partial charge in [0.15, 0.2) is 11.5 Å². The second-order valence-electron chi connectivity index (χ2n) is 7.02. The minimum Gasteiger partial charge on any atom is -0.490 e. The van der Waals surface area contributed by atoms with E-state index in [4.69, 9.17) is 9.47 Å². The van der Waals surface area contributed by atoms with Crippen LogP contribution in [-0.2, 0) is 14.4 Å². The summed E-state index contributed by atoms with van der Waals surface area (Å²) in [6, 6.07) is 5.17. The van der Waals surface area contributed by atoms with Gasteiger partial charge in [0.1, 0.15) is 6.54 Å². The van der Waals surface area contributed by atoms with Crippen LogP contribution in [0.2, 0.25) is 0 Å². The fourth-order valence-corrected chi connectivity index (χ4v) is 3.97. The monoisotopic (exact) mass is 358 g/mol. The molecule has 7 nitrogen and oxygen atoms in total. The van der Waals surface area contributed by atoms with E-state index in [-0.39, 0.29) is 36.1 Å². The van der Waals surface area contributed by atoms with E-state index in [9.17, 15) is 14.4 Å². The van der Waals surface area contributed by atoms with Crippen LogP contribution in [0, 0.1) is 11.8 Å². The first-order chi connectivity index (χ1) is 12.6. The quantitative estimate of drug-likeness (QED) is 0.835. The van der Waals surface area contributed by atoms with Crippen LogP contribution in [0.5, 0.6) is 11.5 Å². The molecule has 2 aliphatic heterocycles. The lowest BCUT2D eigenvalue weighted by atomic mass is 9.81. The van der Waals surface area contributed by atoms with Crippen molar-refractivity contribution in [3.8, 4) is 11.5 Å². The van der Waals surface area contributed by atoms with Gasteiger partial charge in [-0.25, -0.2) is 0 Å². The zero-order valence-electron chi connectivity index (χ0n) is 14.5. The zero-order valence-corrected chi connectivity index (χ0v) is 14.5. The number of hydrogen-bond acceptors (Lipinski definition) is 5. The highest BCUT2D eigenvalue weighted by molar-refractivity contribution is 6.08. The number of likely N-dealkylation sites (tertiary alicyclic amines) is 1. The van der Waals surface area contributed by atoms with E-state index in [1.54, 1.807) is 18.2 Å². The maximum Gasteiger partial charge on any atom is 0.244 e. The predicted octanol–water partition coefficient (Wildman–Crippen LogP) is 1.96. The number of amides is 3. The lowest BCUT2D eigenvalue weighted by Crippen LogP contribution is -2.38. The first-order valence-corrected chi connectivity index (χ1v) is 9.18. The van der Waals surface area contributed by atoms with Gasteiger partial charge in [-0.1, -0.05) is 12.8 Å². The third-order valence-corrected chi connectivity index (χ3v) is 5.27. The minimum absolute atomic E-state index is 0.200. The Labute approximate surface area is 151 Å². The lowest BCUT2D eigenvalue weighted by molar-refractivity contribution is -0.142. The molecule has 26 heavy (non-hydrogen) atoms. The number of hydrogen-bond donors (Lipinski definition) is 1. The standard InChI is InChI=1S/C19H22N2O5/c22-17(11-21-18(23)13-4-1-2-5-14(13)19(21)24)20-12-6-7-15-16(10-12)26-9-3-8-25-15/h6-7,10,13-14H,1-5,8-9,11H2,(H,20,22)/t13-,14-/m0/s1. The molecule has 0 spiro atoms. The van der Waals surface area contributed by atoms with Crippen molar-refractivity contribution in [3.63, 3.8) is 0 Å². The third-order valence-electron chi connectivity index (χ3n) is 5.27. The number of ether oxygens (including phenoxy) is 2. The summed E-state index contributed by atoms with van der Waals surface area (Å²) in [5.74, 6) is -0.0276. The molecular weight excluding hydrogens is 336 g/mol. The van der Waals surface area contributed by atoms with Gasteiger partial charge in [0.2, 0.25) is 17.7 Å². The number of carbonyl (C=O) groups is 3. The predicted molar refractivity (Wildman–Crippen MR) is 92.8 cm³/mol. The van der Waals surface area contributed by atoms with Crippen molar-refractivity contribution in [2.75, 3.05) is 25.1 Å². The first kappa shape index (κ1) is 16.9. The SMILES string of the molecule is O=C(CN1C(=O)[C@H]2CCCC[C@@H]2C1=O)Nc1ccc2c(c1)OCCCO2. The highest BCUT2D eigenvalue weighted by Crippen LogP contribution is 2.38. The molecule has 1 aromatic rings. The Balaban J connectivity index is 1.42. The van der Waals surface area contributed by atoms with Crippen molar-refractivity contribution in [2.45, 2.75) is 32.1 Å². The van der Waals surface area contributed by atoms with E-state index in [2.05, 4.69) is 5.32 Å². The molecule has 0 bridgehead atoms. The van der Waals surface area contributed by atoms with Crippen molar-refractivity contribution >= 4 is 23.4 Å². The minimum atomic E-state index is -0.389. The molecule has 1 aliphatic carbocycles. The molecule has 2 heterocycles. The normalized spacial score (nSPS) is 24.8. The summed E-state index contributed by atoms with van der Waals surface area (Å²) in [6.07, 6.45) is 4.23. The van der Waals surface area contributed by atoms with E-state index in [1.807, 2.05) is 0 Å². The molecule has 2 atom stereocenters. The Morgan fingerprint density at radius 1 is 1.00 bits per heavy atom. The van der Waals surface area contributed by atoms with Crippen LogP contribution in [0.15, 0.2) is 18.2 Å². The molecule has 2 fully saturated rings. The molecule has 4 rings (SSSR count). The molecule has 138 valence electrons. The third kappa shape index (κ3) is 3.13. The largest absolute Gasteiger partial charge is 0.490 e. The molecule has 0 unspecified atom stereocenters. The zero-order chi connectivity index (χ0) is 18.1. The average Bonchev–Trinajstić information content (AvgIpc) is 2.82. The van der Waals surface area contributed by atoms with Gasteiger partial charge >= 0.3 is 0 Å². The van der Waals surface area contributed by atoms with Crippen molar-refractivity contribution in [2.24, 2.45) is 11.8 Å². The molecule has 3 aliphatic rings. The number of imide groups is 1. The number of benzene rings is 1. The van der Waals surface area contributed by atoms with Crippen LogP contribution in [0.25, 0.3) is 0 Å². The molecule has 7 heteroatoms. The van der Waals surface area contributed by atoms with Gasteiger partial charge in [-0.15, -0.1) is 0 Å². The van der Waals surface area contributed by atoms with Crippen molar-refractivity contribution < 1.29 is 23.9 Å². The van der Waals surface area contributed by atoms with Gasteiger partial charge < -0.3 is 14.8 Å². The molecule has 0 radical (unpaired) electrons. The highest BCUT2D eigenvalue weighted by Gasteiger charge is 2.48. The van der Waals surface area contributed by atoms with E-state index in [0.29, 0.717) is 30.4 Å². The van der Waals surface area contributed by atoms with E-state index in [1.165, 1.54) is 0 Å². The number of fused-ring (bicyclic) bond motifs is 2. The van der Waals surface area contributed by atoms with Gasteiger partial charge in [0.25, 0.3) is 0 Å².